The fourth-order valence-corrected chi connectivity index (χ4v) is 4.17. The molecule has 3 nitrogen and oxygen atoms in total. The molecule has 0 saturated carbocycles. The van der Waals surface area contributed by atoms with E-state index in [4.69, 9.17) is 4.98 Å². The average molecular weight is 296 g/mol. The molecule has 0 unspecified atom stereocenters. The smallest absolute Gasteiger partial charge is 0.185 e. The maximum absolute atomic E-state index is 9.56. The summed E-state index contributed by atoms with van der Waals surface area (Å²) in [6.45, 7) is 11.1. The zero-order valence-electron chi connectivity index (χ0n) is 13.3. The van der Waals surface area contributed by atoms with Gasteiger partial charge in [-0.05, 0) is 18.8 Å². The van der Waals surface area contributed by atoms with Crippen molar-refractivity contribution < 1.29 is 5.11 Å². The summed E-state index contributed by atoms with van der Waals surface area (Å²) >= 11 is 1.67. The van der Waals surface area contributed by atoms with Gasteiger partial charge in [0.25, 0.3) is 0 Å². The number of hydrogen-bond donors (Lipinski definition) is 1. The van der Waals surface area contributed by atoms with Gasteiger partial charge in [-0.25, -0.2) is 4.98 Å². The van der Waals surface area contributed by atoms with Gasteiger partial charge in [-0.1, -0.05) is 51.9 Å². The van der Waals surface area contributed by atoms with E-state index >= 15 is 0 Å². The molecular formula is C16H28N2OS. The van der Waals surface area contributed by atoms with Crippen LogP contribution >= 0.6 is 11.3 Å². The number of hydrogen-bond acceptors (Lipinski definition) is 4. The van der Waals surface area contributed by atoms with Gasteiger partial charge in [-0.15, -0.1) is 0 Å². The summed E-state index contributed by atoms with van der Waals surface area (Å²) in [4.78, 5) is 8.27. The van der Waals surface area contributed by atoms with Crippen LogP contribution in [-0.4, -0.2) is 23.2 Å². The molecular weight excluding hydrogens is 268 g/mol. The van der Waals surface area contributed by atoms with Crippen LogP contribution in [0.25, 0.3) is 0 Å². The lowest BCUT2D eigenvalue weighted by Gasteiger charge is -2.31. The summed E-state index contributed by atoms with van der Waals surface area (Å²) in [6.07, 6.45) is 5.23. The van der Waals surface area contributed by atoms with Crippen molar-refractivity contribution in [3.05, 3.63) is 10.6 Å². The summed E-state index contributed by atoms with van der Waals surface area (Å²) in [5.41, 5.74) is 1.07. The van der Waals surface area contributed by atoms with Crippen LogP contribution in [0.3, 0.4) is 0 Å². The Balaban J connectivity index is 2.09. The summed E-state index contributed by atoms with van der Waals surface area (Å²) in [5, 5.41) is 10.7. The Bertz CT molecular complexity index is 428. The van der Waals surface area contributed by atoms with Crippen LogP contribution in [0.1, 0.15) is 63.9 Å². The Kier molecular flexibility index (Phi) is 5.08. The van der Waals surface area contributed by atoms with Crippen molar-refractivity contribution in [1.82, 2.24) is 4.98 Å². The quantitative estimate of drug-likeness (QED) is 0.914. The molecule has 20 heavy (non-hydrogen) atoms. The number of anilines is 1. The molecule has 114 valence electrons. The lowest BCUT2D eigenvalue weighted by atomic mass is 9.91. The molecule has 1 aliphatic rings. The third-order valence-electron chi connectivity index (χ3n) is 4.12. The zero-order valence-corrected chi connectivity index (χ0v) is 14.1. The Hall–Kier alpha value is -0.610. The fraction of sp³-hybridized carbons (Fsp3) is 0.812. The van der Waals surface area contributed by atoms with E-state index in [9.17, 15) is 5.11 Å². The van der Waals surface area contributed by atoms with Gasteiger partial charge in [0.05, 0.1) is 17.2 Å². The molecule has 0 radical (unpaired) electrons. The first-order chi connectivity index (χ1) is 9.45. The van der Waals surface area contributed by atoms with Crippen molar-refractivity contribution in [1.29, 1.82) is 0 Å². The lowest BCUT2D eigenvalue weighted by molar-refractivity contribution is 0.282. The average Bonchev–Trinajstić information content (AvgIpc) is 2.84. The van der Waals surface area contributed by atoms with E-state index in [1.165, 1.54) is 25.7 Å². The molecule has 0 bridgehead atoms. The van der Waals surface area contributed by atoms with Crippen LogP contribution in [0, 0.1) is 5.92 Å². The van der Waals surface area contributed by atoms with E-state index < -0.39 is 0 Å². The summed E-state index contributed by atoms with van der Waals surface area (Å²) < 4.78 is 0. The Morgan fingerprint density at radius 3 is 2.40 bits per heavy atom. The van der Waals surface area contributed by atoms with Gasteiger partial charge in [0.2, 0.25) is 0 Å². The van der Waals surface area contributed by atoms with Crippen LogP contribution < -0.4 is 4.90 Å². The molecule has 0 atom stereocenters. The Morgan fingerprint density at radius 2 is 1.95 bits per heavy atom. The number of thiazole rings is 1. The van der Waals surface area contributed by atoms with Crippen LogP contribution in [-0.2, 0) is 12.0 Å². The van der Waals surface area contributed by atoms with Gasteiger partial charge in [-0.2, -0.15) is 0 Å². The van der Waals surface area contributed by atoms with Gasteiger partial charge in [0.1, 0.15) is 0 Å². The highest BCUT2D eigenvalue weighted by atomic mass is 32.1. The van der Waals surface area contributed by atoms with Gasteiger partial charge < -0.3 is 10.0 Å². The normalized spacial score (nSPS) is 17.8. The van der Waals surface area contributed by atoms with E-state index in [1.807, 2.05) is 0 Å². The van der Waals surface area contributed by atoms with Crippen molar-refractivity contribution in [2.45, 2.75) is 65.4 Å². The molecule has 2 rings (SSSR count). The molecule has 1 aromatic rings. The SMILES string of the molecule is CCCC1CCN(c2nc(C(C)(C)C)c(CO)s2)CC1. The fourth-order valence-electron chi connectivity index (χ4n) is 2.99. The van der Waals surface area contributed by atoms with Gasteiger partial charge in [0, 0.05) is 18.5 Å². The number of aliphatic hydroxyl groups is 1. The number of rotatable bonds is 4. The van der Waals surface area contributed by atoms with E-state index in [0.29, 0.717) is 0 Å². The van der Waals surface area contributed by atoms with Crippen LogP contribution in [0.5, 0.6) is 0 Å². The number of aromatic nitrogens is 1. The van der Waals surface area contributed by atoms with E-state index in [-0.39, 0.29) is 12.0 Å². The van der Waals surface area contributed by atoms with Crippen molar-refractivity contribution in [2.24, 2.45) is 5.92 Å². The zero-order chi connectivity index (χ0) is 14.8. The van der Waals surface area contributed by atoms with Crippen molar-refractivity contribution in [2.75, 3.05) is 18.0 Å². The Morgan fingerprint density at radius 1 is 1.30 bits per heavy atom. The van der Waals surface area contributed by atoms with Crippen LogP contribution in [0.4, 0.5) is 5.13 Å². The Labute approximate surface area is 127 Å². The van der Waals surface area contributed by atoms with Gasteiger partial charge in [-0.3, -0.25) is 0 Å². The van der Waals surface area contributed by atoms with E-state index in [1.54, 1.807) is 11.3 Å². The van der Waals surface area contributed by atoms with Gasteiger partial charge in [0.15, 0.2) is 5.13 Å². The minimum atomic E-state index is 0.00729. The van der Waals surface area contributed by atoms with E-state index in [2.05, 4.69) is 32.6 Å². The van der Waals surface area contributed by atoms with Crippen LogP contribution in [0.15, 0.2) is 0 Å². The number of nitrogens with zero attached hydrogens (tertiary/aromatic N) is 2. The predicted octanol–water partition coefficient (Wildman–Crippen LogP) is 3.95. The maximum Gasteiger partial charge on any atom is 0.185 e. The predicted molar refractivity (Wildman–Crippen MR) is 86.6 cm³/mol. The highest BCUT2D eigenvalue weighted by molar-refractivity contribution is 7.15. The molecule has 1 aromatic heterocycles. The second-order valence-corrected chi connectivity index (χ2v) is 7.96. The number of piperidine rings is 1. The molecule has 1 fully saturated rings. The second-order valence-electron chi connectivity index (χ2n) is 6.90. The van der Waals surface area contributed by atoms with Crippen molar-refractivity contribution in [3.63, 3.8) is 0 Å². The molecule has 4 heteroatoms. The third-order valence-corrected chi connectivity index (χ3v) is 5.22. The monoisotopic (exact) mass is 296 g/mol. The topological polar surface area (TPSA) is 36.4 Å². The first kappa shape index (κ1) is 15.8. The molecule has 0 aromatic carbocycles. The molecule has 1 aliphatic heterocycles. The first-order valence-electron chi connectivity index (χ1n) is 7.81. The highest BCUT2D eigenvalue weighted by Crippen LogP contribution is 2.35. The number of aliphatic hydroxyl groups excluding tert-OH is 1. The van der Waals surface area contributed by atoms with E-state index in [0.717, 1.165) is 34.7 Å². The van der Waals surface area contributed by atoms with Crippen LogP contribution in [0.2, 0.25) is 0 Å². The van der Waals surface area contributed by atoms with Gasteiger partial charge >= 0.3 is 0 Å². The minimum absolute atomic E-state index is 0.00729. The van der Waals surface area contributed by atoms with Crippen molar-refractivity contribution >= 4 is 16.5 Å². The first-order valence-corrected chi connectivity index (χ1v) is 8.63. The largest absolute Gasteiger partial charge is 0.391 e. The summed E-state index contributed by atoms with van der Waals surface area (Å²) in [7, 11) is 0. The molecule has 1 N–H and O–H groups in total. The lowest BCUT2D eigenvalue weighted by Crippen LogP contribution is -2.33. The second kappa shape index (κ2) is 6.44. The molecule has 0 spiro atoms. The highest BCUT2D eigenvalue weighted by Gasteiger charge is 2.26. The molecule has 1 saturated heterocycles. The molecule has 2 heterocycles. The summed E-state index contributed by atoms with van der Waals surface area (Å²) in [6, 6.07) is 0. The summed E-state index contributed by atoms with van der Waals surface area (Å²) in [5.74, 6) is 0.899. The maximum atomic E-state index is 9.56. The standard InChI is InChI=1S/C16H28N2OS/c1-5-6-12-7-9-18(10-8-12)15-17-14(16(2,3)4)13(11-19)20-15/h12,19H,5-11H2,1-4H3. The third kappa shape index (κ3) is 3.53. The molecule has 0 aliphatic carbocycles. The molecule has 0 amide bonds. The minimum Gasteiger partial charge on any atom is -0.391 e. The van der Waals surface area contributed by atoms with Crippen molar-refractivity contribution in [3.8, 4) is 0 Å².